The van der Waals surface area contributed by atoms with Gasteiger partial charge in [-0.05, 0) is 18.6 Å². The predicted molar refractivity (Wildman–Crippen MR) is 70.4 cm³/mol. The Bertz CT molecular complexity index is 377. The van der Waals surface area contributed by atoms with Crippen molar-refractivity contribution in [2.45, 2.75) is 19.4 Å². The molecule has 6 heteroatoms. The molecule has 4 nitrogen and oxygen atoms in total. The summed E-state index contributed by atoms with van der Waals surface area (Å²) < 4.78 is 18.5. The van der Waals surface area contributed by atoms with Crippen molar-refractivity contribution in [3.8, 4) is 5.75 Å². The van der Waals surface area contributed by atoms with Crippen LogP contribution in [0.25, 0.3) is 0 Å². The minimum atomic E-state index is -0.344. The summed E-state index contributed by atoms with van der Waals surface area (Å²) >= 11 is 0. The zero-order chi connectivity index (χ0) is 12.7. The number of rotatable bonds is 6. The number of amides is 1. The van der Waals surface area contributed by atoms with E-state index < -0.39 is 0 Å². The zero-order valence-electron chi connectivity index (χ0n) is 10.2. The fourth-order valence-electron chi connectivity index (χ4n) is 1.30. The average molecular weight is 277 g/mol. The van der Waals surface area contributed by atoms with Gasteiger partial charge in [-0.15, -0.1) is 12.4 Å². The minimum Gasteiger partial charge on any atom is -0.489 e. The molecule has 0 fully saturated rings. The van der Waals surface area contributed by atoms with Crippen LogP contribution in [0.3, 0.4) is 0 Å². The lowest BCUT2D eigenvalue weighted by atomic mass is 10.2. The van der Waals surface area contributed by atoms with E-state index in [0.717, 1.165) is 0 Å². The molecule has 0 bridgehead atoms. The predicted octanol–water partition coefficient (Wildman–Crippen LogP) is 1.48. The summed E-state index contributed by atoms with van der Waals surface area (Å²) in [6, 6.07) is 5.92. The molecule has 1 rings (SSSR count). The molecule has 0 saturated heterocycles. The first-order chi connectivity index (χ1) is 8.15. The number of benzene rings is 1. The lowest BCUT2D eigenvalue weighted by Gasteiger charge is -2.18. The minimum absolute atomic E-state index is 0. The Kier molecular flexibility index (Phi) is 8.07. The van der Waals surface area contributed by atoms with E-state index in [2.05, 4.69) is 5.32 Å². The van der Waals surface area contributed by atoms with Gasteiger partial charge in [-0.25, -0.2) is 4.39 Å². The maximum absolute atomic E-state index is 12.9. The number of carbonyl (C=O) groups excluding carboxylic acids is 1. The topological polar surface area (TPSA) is 64.4 Å². The molecule has 3 N–H and O–H groups in total. The first-order valence-corrected chi connectivity index (χ1v) is 5.54. The summed E-state index contributed by atoms with van der Waals surface area (Å²) in [5.74, 6) is -0.117. The Morgan fingerprint density at radius 1 is 1.56 bits per heavy atom. The van der Waals surface area contributed by atoms with Crippen molar-refractivity contribution in [2.75, 3.05) is 13.1 Å². The van der Waals surface area contributed by atoms with Gasteiger partial charge in [0.2, 0.25) is 5.91 Å². The summed E-state index contributed by atoms with van der Waals surface area (Å²) in [5.41, 5.74) is 5.17. The molecule has 1 amide bonds. The highest BCUT2D eigenvalue weighted by molar-refractivity contribution is 5.85. The van der Waals surface area contributed by atoms with Crippen molar-refractivity contribution < 1.29 is 13.9 Å². The van der Waals surface area contributed by atoms with Crippen LogP contribution < -0.4 is 15.8 Å². The van der Waals surface area contributed by atoms with Gasteiger partial charge in [0, 0.05) is 6.07 Å². The van der Waals surface area contributed by atoms with E-state index in [1.54, 1.807) is 12.1 Å². The molecule has 18 heavy (non-hydrogen) atoms. The van der Waals surface area contributed by atoms with Crippen LogP contribution in [0.1, 0.15) is 13.3 Å². The van der Waals surface area contributed by atoms with Crippen LogP contribution in [0.2, 0.25) is 0 Å². The highest BCUT2D eigenvalue weighted by atomic mass is 35.5. The highest BCUT2D eigenvalue weighted by Gasteiger charge is 2.09. The Morgan fingerprint density at radius 2 is 2.28 bits per heavy atom. The lowest BCUT2D eigenvalue weighted by molar-refractivity contribution is -0.120. The van der Waals surface area contributed by atoms with E-state index in [4.69, 9.17) is 10.5 Å². The van der Waals surface area contributed by atoms with Gasteiger partial charge in [0.05, 0.1) is 13.1 Å². The lowest BCUT2D eigenvalue weighted by Crippen LogP contribution is -2.38. The molecular weight excluding hydrogens is 259 g/mol. The van der Waals surface area contributed by atoms with Gasteiger partial charge in [0.25, 0.3) is 0 Å². The number of nitrogens with two attached hydrogens (primary N) is 1. The molecule has 0 aliphatic heterocycles. The Morgan fingerprint density at radius 3 is 2.83 bits per heavy atom. The van der Waals surface area contributed by atoms with Gasteiger partial charge < -0.3 is 15.8 Å². The van der Waals surface area contributed by atoms with E-state index in [1.807, 2.05) is 6.92 Å². The van der Waals surface area contributed by atoms with Crippen LogP contribution in [0.5, 0.6) is 5.75 Å². The first kappa shape index (κ1) is 16.7. The number of nitrogens with one attached hydrogen (secondary N) is 1. The molecular formula is C12H18ClFN2O2. The molecule has 0 saturated carbocycles. The summed E-state index contributed by atoms with van der Waals surface area (Å²) in [6.07, 6.45) is 0.522. The number of hydrogen-bond donors (Lipinski definition) is 2. The van der Waals surface area contributed by atoms with E-state index in [0.29, 0.717) is 18.7 Å². The molecule has 0 radical (unpaired) electrons. The van der Waals surface area contributed by atoms with Gasteiger partial charge in [0.15, 0.2) is 0 Å². The Hall–Kier alpha value is -1.33. The van der Waals surface area contributed by atoms with Crippen molar-refractivity contribution in [1.82, 2.24) is 5.32 Å². The van der Waals surface area contributed by atoms with Gasteiger partial charge in [-0.1, -0.05) is 13.0 Å². The van der Waals surface area contributed by atoms with E-state index >= 15 is 0 Å². The van der Waals surface area contributed by atoms with Crippen molar-refractivity contribution in [3.63, 3.8) is 0 Å². The molecule has 0 heterocycles. The summed E-state index contributed by atoms with van der Waals surface area (Å²) in [4.78, 5) is 11.0. The fourth-order valence-corrected chi connectivity index (χ4v) is 1.30. The maximum Gasteiger partial charge on any atom is 0.233 e. The van der Waals surface area contributed by atoms with Gasteiger partial charge in [0.1, 0.15) is 17.7 Å². The molecule has 0 spiro atoms. The second-order valence-electron chi connectivity index (χ2n) is 3.61. The van der Waals surface area contributed by atoms with E-state index in [1.165, 1.54) is 12.1 Å². The van der Waals surface area contributed by atoms with Gasteiger partial charge in [-0.2, -0.15) is 0 Å². The number of ether oxygens (including phenoxy) is 1. The molecule has 1 atom stereocenters. The molecule has 0 aliphatic rings. The second kappa shape index (κ2) is 8.72. The molecule has 0 aromatic heterocycles. The molecule has 102 valence electrons. The molecule has 1 aromatic carbocycles. The maximum atomic E-state index is 12.9. The normalized spacial score (nSPS) is 11.3. The smallest absolute Gasteiger partial charge is 0.233 e. The monoisotopic (exact) mass is 276 g/mol. The Labute approximate surface area is 112 Å². The quantitative estimate of drug-likeness (QED) is 0.827. The zero-order valence-corrected chi connectivity index (χ0v) is 11.0. The molecule has 0 aliphatic carbocycles. The summed E-state index contributed by atoms with van der Waals surface area (Å²) in [7, 11) is 0. The van der Waals surface area contributed by atoms with Gasteiger partial charge in [-0.3, -0.25) is 4.79 Å². The van der Waals surface area contributed by atoms with Crippen molar-refractivity contribution in [3.05, 3.63) is 30.1 Å². The third-order valence-corrected chi connectivity index (χ3v) is 2.27. The standard InChI is InChI=1S/C12H17FN2O2.ClH/c1-2-10(8-15-12(16)7-14)17-11-5-3-4-9(13)6-11;/h3-6,10H,2,7-8,14H2,1H3,(H,15,16);1H. The van der Waals surface area contributed by atoms with Crippen molar-refractivity contribution in [1.29, 1.82) is 0 Å². The number of carbonyl (C=O) groups is 1. The fraction of sp³-hybridized carbons (Fsp3) is 0.417. The van der Waals surface area contributed by atoms with E-state index in [9.17, 15) is 9.18 Å². The Balaban J connectivity index is 0.00000289. The third-order valence-electron chi connectivity index (χ3n) is 2.27. The van der Waals surface area contributed by atoms with Crippen LogP contribution in [0.4, 0.5) is 4.39 Å². The summed E-state index contributed by atoms with van der Waals surface area (Å²) in [5, 5.41) is 2.64. The van der Waals surface area contributed by atoms with Crippen molar-refractivity contribution >= 4 is 18.3 Å². The van der Waals surface area contributed by atoms with Crippen molar-refractivity contribution in [2.24, 2.45) is 5.73 Å². The van der Waals surface area contributed by atoms with Crippen LogP contribution in [0.15, 0.2) is 24.3 Å². The van der Waals surface area contributed by atoms with Crippen LogP contribution in [-0.2, 0) is 4.79 Å². The van der Waals surface area contributed by atoms with Crippen LogP contribution >= 0.6 is 12.4 Å². The van der Waals surface area contributed by atoms with Crippen LogP contribution in [-0.4, -0.2) is 25.1 Å². The second-order valence-corrected chi connectivity index (χ2v) is 3.61. The average Bonchev–Trinajstić information content (AvgIpc) is 2.34. The first-order valence-electron chi connectivity index (χ1n) is 5.54. The third kappa shape index (κ3) is 5.84. The number of hydrogen-bond acceptors (Lipinski definition) is 3. The SMILES string of the molecule is CCC(CNC(=O)CN)Oc1cccc(F)c1.Cl. The summed E-state index contributed by atoms with van der Waals surface area (Å²) in [6.45, 7) is 2.25. The van der Waals surface area contributed by atoms with Crippen LogP contribution in [0, 0.1) is 5.82 Å². The van der Waals surface area contributed by atoms with Gasteiger partial charge >= 0.3 is 0 Å². The molecule has 1 aromatic rings. The number of halogens is 2. The highest BCUT2D eigenvalue weighted by Crippen LogP contribution is 2.14. The molecule has 1 unspecified atom stereocenters. The largest absolute Gasteiger partial charge is 0.489 e. The van der Waals surface area contributed by atoms with E-state index in [-0.39, 0.29) is 36.8 Å².